The Morgan fingerprint density at radius 1 is 0.750 bits per heavy atom. The van der Waals surface area contributed by atoms with Crippen molar-refractivity contribution in [2.24, 2.45) is 17.8 Å². The van der Waals surface area contributed by atoms with Gasteiger partial charge in [0.2, 0.25) is 11.8 Å². The average molecular weight is 508 g/mol. The number of nitrogens with one attached hydrogen (secondary N) is 3. The van der Waals surface area contributed by atoms with Crippen molar-refractivity contribution in [3.63, 3.8) is 0 Å². The maximum absolute atomic E-state index is 13.1. The highest BCUT2D eigenvalue weighted by Crippen LogP contribution is 2.13. The fourth-order valence-corrected chi connectivity index (χ4v) is 3.73. The van der Waals surface area contributed by atoms with Crippen LogP contribution in [0.25, 0.3) is 0 Å². The van der Waals surface area contributed by atoms with Gasteiger partial charge >= 0.3 is 12.8 Å². The Morgan fingerprint density at radius 2 is 1.22 bits per heavy atom. The molecule has 1 aromatic rings. The fraction of sp³-hybridized carbons (Fsp3) is 0.640. The minimum absolute atomic E-state index is 0.0181. The Bertz CT molecular complexity index is 829. The molecule has 0 spiro atoms. The average Bonchev–Trinajstić information content (AvgIpc) is 2.75. The smallest absolute Gasteiger partial charge is 0.408 e. The number of amides is 3. The van der Waals surface area contributed by atoms with E-state index >= 15 is 0 Å². The van der Waals surface area contributed by atoms with Crippen LogP contribution < -0.4 is 16.0 Å². The van der Waals surface area contributed by atoms with Crippen molar-refractivity contribution in [3.8, 4) is 0 Å². The molecular weight excluding hydrogens is 465 g/mol. The van der Waals surface area contributed by atoms with Gasteiger partial charge in [0, 0.05) is 0 Å². The molecule has 204 valence electrons. The normalized spacial score (nSPS) is 14.3. The first-order chi connectivity index (χ1) is 16.7. The Hall–Kier alpha value is -2.63. The van der Waals surface area contributed by atoms with Gasteiger partial charge in [-0.05, 0) is 42.1 Å². The molecule has 36 heavy (non-hydrogen) atoms. The molecule has 11 heteroatoms. The monoisotopic (exact) mass is 508 g/mol. The van der Waals surface area contributed by atoms with E-state index in [1.54, 1.807) is 0 Å². The van der Waals surface area contributed by atoms with E-state index in [-0.39, 0.29) is 37.2 Å². The summed E-state index contributed by atoms with van der Waals surface area (Å²) >= 11 is 0. The van der Waals surface area contributed by atoms with Crippen LogP contribution >= 0.6 is 0 Å². The summed E-state index contributed by atoms with van der Waals surface area (Å²) in [6.07, 6.45) is -0.0485. The summed E-state index contributed by atoms with van der Waals surface area (Å²) in [4.78, 5) is 38.6. The molecule has 0 heterocycles. The second-order valence-electron chi connectivity index (χ2n) is 10.6. The topological polar surface area (TPSA) is 157 Å². The largest absolute Gasteiger partial charge is 0.558 e. The van der Waals surface area contributed by atoms with Crippen molar-refractivity contribution < 1.29 is 34.2 Å². The van der Waals surface area contributed by atoms with Crippen LogP contribution in [0, 0.1) is 17.8 Å². The number of carbonyl (C=O) groups excluding carboxylic acids is 3. The van der Waals surface area contributed by atoms with E-state index < -0.39 is 42.7 Å². The number of ether oxygens (including phenoxy) is 1. The molecule has 0 aromatic heterocycles. The Morgan fingerprint density at radius 3 is 1.69 bits per heavy atom. The highest BCUT2D eigenvalue weighted by atomic mass is 16.6. The molecule has 0 saturated carbocycles. The highest BCUT2D eigenvalue weighted by molar-refractivity contribution is 6.58. The zero-order valence-corrected chi connectivity index (χ0v) is 22.2. The second kappa shape index (κ2) is 14.8. The van der Waals surface area contributed by atoms with Crippen LogP contribution in [0.1, 0.15) is 66.4 Å². The first-order valence-corrected chi connectivity index (χ1v) is 12.6. The molecule has 3 atom stereocenters. The minimum Gasteiger partial charge on any atom is -0.558 e. The lowest BCUT2D eigenvalue weighted by Crippen LogP contribution is -2.62. The van der Waals surface area contributed by atoms with Crippen molar-refractivity contribution in [2.75, 3.05) is 0 Å². The van der Waals surface area contributed by atoms with Gasteiger partial charge in [0.05, 0.1) is 0 Å². The van der Waals surface area contributed by atoms with E-state index in [0.717, 1.165) is 5.56 Å². The lowest BCUT2D eigenvalue weighted by Gasteiger charge is -2.35. The summed E-state index contributed by atoms with van der Waals surface area (Å²) in [5.74, 6) is -2.46. The number of rotatable bonds is 14. The maximum atomic E-state index is 13.1. The van der Waals surface area contributed by atoms with Crippen molar-refractivity contribution in [1.82, 2.24) is 16.0 Å². The summed E-state index contributed by atoms with van der Waals surface area (Å²) in [5, 5.41) is 37.0. The number of hydrogen-bond acceptors (Lipinski definition) is 7. The molecule has 10 nitrogen and oxygen atoms in total. The predicted molar refractivity (Wildman–Crippen MR) is 138 cm³/mol. The van der Waals surface area contributed by atoms with Gasteiger partial charge < -0.3 is 35.8 Å². The van der Waals surface area contributed by atoms with E-state index in [1.807, 2.05) is 71.9 Å². The molecule has 3 amide bonds. The van der Waals surface area contributed by atoms with Gasteiger partial charge in [0.25, 0.3) is 0 Å². The quantitative estimate of drug-likeness (QED) is 0.209. The molecule has 0 aliphatic carbocycles. The van der Waals surface area contributed by atoms with Crippen LogP contribution in [0.15, 0.2) is 30.3 Å². The summed E-state index contributed by atoms with van der Waals surface area (Å²) in [6, 6.07) is 7.17. The number of benzene rings is 1. The Balaban J connectivity index is 2.92. The molecule has 1 aromatic carbocycles. The standard InChI is InChI=1S/C25H43BN3O7/c1-16(2)12-20(24(31)29-22(14-18(5)6)26(33,34)35)27-23(30)21(13-17(3)4)28-25(32)36-15-19-10-8-7-9-11-19/h7-11,16-18,20-22,33-35H,12-15H2,1-6H3,(H,27,30)(H,28,32)(H,29,31)/q-1/t20-,21-,22-/m0/s1. The zero-order chi connectivity index (χ0) is 27.5. The molecule has 0 radical (unpaired) electrons. The molecular formula is C25H43BN3O7-. The summed E-state index contributed by atoms with van der Waals surface area (Å²) < 4.78 is 5.24. The van der Waals surface area contributed by atoms with Crippen LogP contribution in [0.2, 0.25) is 0 Å². The van der Waals surface area contributed by atoms with Crippen molar-refractivity contribution in [3.05, 3.63) is 35.9 Å². The Kier molecular flexibility index (Phi) is 12.9. The third-order valence-electron chi connectivity index (χ3n) is 5.46. The van der Waals surface area contributed by atoms with Gasteiger partial charge in [0.15, 0.2) is 0 Å². The molecule has 0 unspecified atom stereocenters. The highest BCUT2D eigenvalue weighted by Gasteiger charge is 2.34. The van der Waals surface area contributed by atoms with E-state index in [9.17, 15) is 29.5 Å². The predicted octanol–water partition coefficient (Wildman–Crippen LogP) is 1.84. The summed E-state index contributed by atoms with van der Waals surface area (Å²) in [5.41, 5.74) is 0.802. The van der Waals surface area contributed by atoms with Gasteiger partial charge in [-0.2, -0.15) is 0 Å². The third-order valence-corrected chi connectivity index (χ3v) is 5.46. The van der Waals surface area contributed by atoms with Gasteiger partial charge in [0.1, 0.15) is 18.7 Å². The first kappa shape index (κ1) is 31.4. The second-order valence-corrected chi connectivity index (χ2v) is 10.6. The SMILES string of the molecule is CC(C)C[C@H](NC(=O)OCc1ccccc1)C(=O)N[C@@H](CC(C)C)C(=O)N[C@@H](CC(C)C)[B-](O)(O)O. The molecule has 0 saturated heterocycles. The number of alkyl carbamates (subject to hydrolysis) is 1. The van der Waals surface area contributed by atoms with Gasteiger partial charge in [-0.25, -0.2) is 4.79 Å². The molecule has 0 aliphatic rings. The van der Waals surface area contributed by atoms with Crippen LogP contribution in [0.3, 0.4) is 0 Å². The van der Waals surface area contributed by atoms with Gasteiger partial charge in [-0.15, -0.1) is 0 Å². The van der Waals surface area contributed by atoms with Gasteiger partial charge in [-0.1, -0.05) is 78.3 Å². The van der Waals surface area contributed by atoms with Crippen molar-refractivity contribution in [1.29, 1.82) is 0 Å². The van der Waals surface area contributed by atoms with Crippen molar-refractivity contribution in [2.45, 2.75) is 85.4 Å². The third kappa shape index (κ3) is 12.4. The molecule has 0 aliphatic heterocycles. The number of hydrogen-bond donors (Lipinski definition) is 6. The van der Waals surface area contributed by atoms with Gasteiger partial charge in [-0.3, -0.25) is 9.59 Å². The lowest BCUT2D eigenvalue weighted by molar-refractivity contribution is -0.130. The van der Waals surface area contributed by atoms with Crippen LogP contribution in [-0.4, -0.2) is 57.8 Å². The van der Waals surface area contributed by atoms with E-state index in [2.05, 4.69) is 16.0 Å². The zero-order valence-electron chi connectivity index (χ0n) is 22.2. The molecule has 6 N–H and O–H groups in total. The lowest BCUT2D eigenvalue weighted by atomic mass is 9.66. The van der Waals surface area contributed by atoms with E-state index in [0.29, 0.717) is 6.42 Å². The first-order valence-electron chi connectivity index (χ1n) is 12.6. The summed E-state index contributed by atoms with van der Waals surface area (Å²) in [7, 11) is 0. The van der Waals surface area contributed by atoms with Crippen LogP contribution in [0.5, 0.6) is 0 Å². The van der Waals surface area contributed by atoms with Crippen molar-refractivity contribution >= 4 is 24.7 Å². The Labute approximate surface area is 214 Å². The molecule has 1 rings (SSSR count). The summed E-state index contributed by atoms with van der Waals surface area (Å²) in [6.45, 7) is 7.42. The van der Waals surface area contributed by atoms with E-state index in [1.165, 1.54) is 0 Å². The fourth-order valence-electron chi connectivity index (χ4n) is 3.73. The molecule has 0 bridgehead atoms. The van der Waals surface area contributed by atoms with Crippen LogP contribution in [-0.2, 0) is 20.9 Å². The van der Waals surface area contributed by atoms with E-state index in [4.69, 9.17) is 4.74 Å². The molecule has 0 fully saturated rings. The number of carbonyl (C=O) groups is 3. The van der Waals surface area contributed by atoms with Crippen LogP contribution in [0.4, 0.5) is 4.79 Å². The maximum Gasteiger partial charge on any atom is 0.408 e. The minimum atomic E-state index is -3.81.